The van der Waals surface area contributed by atoms with Crippen molar-refractivity contribution in [3.63, 3.8) is 0 Å². The number of amides is 3. The van der Waals surface area contributed by atoms with Crippen molar-refractivity contribution in [2.45, 2.75) is 56.8 Å². The van der Waals surface area contributed by atoms with Crippen molar-refractivity contribution in [2.24, 2.45) is 5.73 Å². The lowest BCUT2D eigenvalue weighted by Gasteiger charge is -2.24. The van der Waals surface area contributed by atoms with Crippen LogP contribution in [0.1, 0.15) is 32.6 Å². The van der Waals surface area contributed by atoms with Gasteiger partial charge < -0.3 is 31.9 Å². The van der Waals surface area contributed by atoms with E-state index >= 15 is 0 Å². The maximum absolute atomic E-state index is 12.8. The molecule has 11 nitrogen and oxygen atoms in total. The van der Waals surface area contributed by atoms with Gasteiger partial charge in [-0.2, -0.15) is 23.5 Å². The van der Waals surface area contributed by atoms with E-state index in [-0.39, 0.29) is 25.7 Å². The molecule has 0 saturated carbocycles. The van der Waals surface area contributed by atoms with E-state index in [4.69, 9.17) is 15.9 Å². The number of rotatable bonds is 16. The molecular weight excluding hydrogens is 448 g/mol. The van der Waals surface area contributed by atoms with Crippen LogP contribution in [0.2, 0.25) is 0 Å². The second kappa shape index (κ2) is 15.8. The molecule has 31 heavy (non-hydrogen) atoms. The minimum atomic E-state index is -1.20. The Bertz CT molecular complexity index is 636. The molecule has 0 bridgehead atoms. The van der Waals surface area contributed by atoms with Crippen LogP contribution in [0.15, 0.2) is 0 Å². The van der Waals surface area contributed by atoms with Gasteiger partial charge in [0, 0.05) is 6.42 Å². The van der Waals surface area contributed by atoms with E-state index in [2.05, 4.69) is 16.0 Å². The van der Waals surface area contributed by atoms with Crippen molar-refractivity contribution in [1.82, 2.24) is 16.0 Å². The first-order valence-corrected chi connectivity index (χ1v) is 12.4. The molecule has 13 heteroatoms. The van der Waals surface area contributed by atoms with E-state index in [0.29, 0.717) is 11.5 Å². The Morgan fingerprint density at radius 2 is 1.26 bits per heavy atom. The molecule has 0 rings (SSSR count). The molecular formula is C18H32N4O7S2. The summed E-state index contributed by atoms with van der Waals surface area (Å²) >= 11 is 2.92. The lowest BCUT2D eigenvalue weighted by Crippen LogP contribution is -2.57. The van der Waals surface area contributed by atoms with Crippen molar-refractivity contribution < 1.29 is 34.2 Å². The lowest BCUT2D eigenvalue weighted by molar-refractivity contribution is -0.142. The summed E-state index contributed by atoms with van der Waals surface area (Å²) in [5.41, 5.74) is 5.71. The average molecular weight is 481 g/mol. The fraction of sp³-hybridized carbons (Fsp3) is 0.722. The number of carbonyl (C=O) groups excluding carboxylic acids is 3. The van der Waals surface area contributed by atoms with Crippen LogP contribution >= 0.6 is 23.5 Å². The number of thioether (sulfide) groups is 2. The maximum atomic E-state index is 12.8. The number of carbonyl (C=O) groups is 5. The fourth-order valence-electron chi connectivity index (χ4n) is 2.35. The fourth-order valence-corrected chi connectivity index (χ4v) is 3.29. The standard InChI is InChI=1S/C18H32N4O7S2/c1-10(18(28)29)20-16(26)12(6-8-30-2)22-17(27)13(7-9-31-3)21-15(25)11(19)4-5-14(23)24/h10-13H,4-9,19H2,1-3H3,(H,20,26)(H,21,25)(H,22,27)(H,23,24)(H,28,29). The molecule has 3 amide bonds. The second-order valence-electron chi connectivity index (χ2n) is 6.79. The number of aliphatic carboxylic acids is 2. The Kier molecular flexibility index (Phi) is 14.7. The van der Waals surface area contributed by atoms with Crippen molar-refractivity contribution in [2.75, 3.05) is 24.0 Å². The molecule has 0 aromatic rings. The molecule has 0 aliphatic carbocycles. The summed E-state index contributed by atoms with van der Waals surface area (Å²) in [5, 5.41) is 25.1. The Balaban J connectivity index is 5.22. The minimum Gasteiger partial charge on any atom is -0.481 e. The largest absolute Gasteiger partial charge is 0.481 e. The number of carboxylic acid groups (broad SMARTS) is 2. The SMILES string of the molecule is CSCCC(NC(=O)C(N)CCC(=O)O)C(=O)NC(CCSC)C(=O)NC(C)C(=O)O. The summed E-state index contributed by atoms with van der Waals surface area (Å²) in [5.74, 6) is -3.10. The molecule has 4 unspecified atom stereocenters. The molecule has 0 aliphatic rings. The first-order valence-electron chi connectivity index (χ1n) is 9.62. The zero-order chi connectivity index (χ0) is 24.0. The van der Waals surface area contributed by atoms with Crippen LogP contribution in [0.3, 0.4) is 0 Å². The van der Waals surface area contributed by atoms with Gasteiger partial charge in [-0.15, -0.1) is 0 Å². The van der Waals surface area contributed by atoms with Crippen LogP contribution in [-0.2, 0) is 24.0 Å². The molecule has 0 aromatic carbocycles. The van der Waals surface area contributed by atoms with Crippen LogP contribution < -0.4 is 21.7 Å². The molecule has 0 aromatic heterocycles. The van der Waals surface area contributed by atoms with Gasteiger partial charge in [0.1, 0.15) is 18.1 Å². The van der Waals surface area contributed by atoms with E-state index in [1.54, 1.807) is 0 Å². The van der Waals surface area contributed by atoms with Gasteiger partial charge >= 0.3 is 11.9 Å². The van der Waals surface area contributed by atoms with Gasteiger partial charge in [-0.05, 0) is 50.2 Å². The highest BCUT2D eigenvalue weighted by Gasteiger charge is 2.29. The van der Waals surface area contributed by atoms with Gasteiger partial charge in [0.15, 0.2) is 0 Å². The first kappa shape index (κ1) is 29.0. The van der Waals surface area contributed by atoms with Gasteiger partial charge in [0.05, 0.1) is 6.04 Å². The third kappa shape index (κ3) is 12.5. The summed E-state index contributed by atoms with van der Waals surface area (Å²) in [4.78, 5) is 59.2. The minimum absolute atomic E-state index is 0.0795. The van der Waals surface area contributed by atoms with E-state index in [1.165, 1.54) is 30.4 Å². The molecule has 0 heterocycles. The van der Waals surface area contributed by atoms with E-state index in [1.807, 2.05) is 12.5 Å². The molecule has 0 aliphatic heterocycles. The van der Waals surface area contributed by atoms with Crippen LogP contribution in [-0.4, -0.2) is 88.1 Å². The molecule has 0 radical (unpaired) electrons. The smallest absolute Gasteiger partial charge is 0.325 e. The third-order valence-corrected chi connectivity index (χ3v) is 5.51. The number of hydrogen-bond acceptors (Lipinski definition) is 8. The van der Waals surface area contributed by atoms with Gasteiger partial charge in [0.2, 0.25) is 17.7 Å². The normalized spacial score (nSPS) is 14.6. The number of nitrogens with one attached hydrogen (secondary N) is 3. The topological polar surface area (TPSA) is 188 Å². The molecule has 7 N–H and O–H groups in total. The zero-order valence-electron chi connectivity index (χ0n) is 17.9. The summed E-state index contributed by atoms with van der Waals surface area (Å²) in [6.45, 7) is 1.31. The van der Waals surface area contributed by atoms with Gasteiger partial charge in [-0.1, -0.05) is 0 Å². The summed E-state index contributed by atoms with van der Waals surface area (Å²) in [7, 11) is 0. The van der Waals surface area contributed by atoms with Crippen molar-refractivity contribution in [1.29, 1.82) is 0 Å². The molecule has 4 atom stereocenters. The van der Waals surface area contributed by atoms with E-state index in [0.717, 1.165) is 0 Å². The van der Waals surface area contributed by atoms with Gasteiger partial charge in [0.25, 0.3) is 0 Å². The highest BCUT2D eigenvalue weighted by atomic mass is 32.2. The molecule has 0 saturated heterocycles. The van der Waals surface area contributed by atoms with Crippen molar-refractivity contribution in [3.05, 3.63) is 0 Å². The maximum Gasteiger partial charge on any atom is 0.325 e. The Morgan fingerprint density at radius 1 is 0.806 bits per heavy atom. The highest BCUT2D eigenvalue weighted by Crippen LogP contribution is 2.06. The predicted molar refractivity (Wildman–Crippen MR) is 120 cm³/mol. The predicted octanol–water partition coefficient (Wildman–Crippen LogP) is -0.756. The Labute approximate surface area is 190 Å². The van der Waals surface area contributed by atoms with Crippen LogP contribution in [0.25, 0.3) is 0 Å². The number of nitrogens with two attached hydrogens (primary N) is 1. The lowest BCUT2D eigenvalue weighted by atomic mass is 10.1. The van der Waals surface area contributed by atoms with Crippen LogP contribution in [0.4, 0.5) is 0 Å². The second-order valence-corrected chi connectivity index (χ2v) is 8.76. The summed E-state index contributed by atoms with van der Waals surface area (Å²) < 4.78 is 0. The molecule has 178 valence electrons. The number of hydrogen-bond donors (Lipinski definition) is 6. The van der Waals surface area contributed by atoms with Crippen molar-refractivity contribution in [3.8, 4) is 0 Å². The molecule has 0 fully saturated rings. The highest BCUT2D eigenvalue weighted by molar-refractivity contribution is 7.98. The van der Waals surface area contributed by atoms with E-state index < -0.39 is 53.8 Å². The number of carboxylic acids is 2. The zero-order valence-corrected chi connectivity index (χ0v) is 19.5. The molecule has 0 spiro atoms. The Hall–Kier alpha value is -1.99. The monoisotopic (exact) mass is 480 g/mol. The average Bonchev–Trinajstić information content (AvgIpc) is 2.71. The van der Waals surface area contributed by atoms with Gasteiger partial charge in [-0.25, -0.2) is 0 Å². The van der Waals surface area contributed by atoms with E-state index in [9.17, 15) is 24.0 Å². The van der Waals surface area contributed by atoms with Crippen LogP contribution in [0, 0.1) is 0 Å². The Morgan fingerprint density at radius 3 is 1.68 bits per heavy atom. The summed E-state index contributed by atoms with van der Waals surface area (Å²) in [6, 6.07) is -4.17. The van der Waals surface area contributed by atoms with Gasteiger partial charge in [-0.3, -0.25) is 24.0 Å². The van der Waals surface area contributed by atoms with Crippen molar-refractivity contribution >= 4 is 53.2 Å². The van der Waals surface area contributed by atoms with Crippen LogP contribution in [0.5, 0.6) is 0 Å². The quantitative estimate of drug-likeness (QED) is 0.164. The third-order valence-electron chi connectivity index (χ3n) is 4.22. The summed E-state index contributed by atoms with van der Waals surface area (Å²) in [6.07, 6.45) is 3.84. The first-order chi connectivity index (χ1) is 14.5.